The highest BCUT2D eigenvalue weighted by molar-refractivity contribution is 5.99. The molecule has 0 bridgehead atoms. The summed E-state index contributed by atoms with van der Waals surface area (Å²) in [5.74, 6) is -0.373. The van der Waals surface area contributed by atoms with E-state index < -0.39 is 11.0 Å². The van der Waals surface area contributed by atoms with Crippen LogP contribution in [0.25, 0.3) is 0 Å². The minimum absolute atomic E-state index is 0.0581. The number of nitrogens with zero attached hydrogens (tertiary/aromatic N) is 3. The Balaban J connectivity index is 1.82. The van der Waals surface area contributed by atoms with Crippen molar-refractivity contribution in [2.24, 2.45) is 0 Å². The maximum Gasteiger partial charge on any atom is 0.270 e. The lowest BCUT2D eigenvalue weighted by Gasteiger charge is -2.32. The third kappa shape index (κ3) is 3.48. The van der Waals surface area contributed by atoms with Gasteiger partial charge in [0.1, 0.15) is 6.04 Å². The number of hydrogen-bond acceptors (Lipinski definition) is 5. The molecule has 2 aliphatic heterocycles. The number of rotatable bonds is 3. The van der Waals surface area contributed by atoms with Crippen LogP contribution in [0.3, 0.4) is 0 Å². The van der Waals surface area contributed by atoms with E-state index in [-0.39, 0.29) is 23.1 Å². The lowest BCUT2D eigenvalue weighted by Crippen LogP contribution is -2.51. The predicted molar refractivity (Wildman–Crippen MR) is 89.3 cm³/mol. The third-order valence-corrected chi connectivity index (χ3v) is 4.78. The third-order valence-electron chi connectivity index (χ3n) is 4.78. The number of nitro benzene ring substituents is 1. The van der Waals surface area contributed by atoms with Crippen LogP contribution >= 0.6 is 0 Å². The number of non-ortho nitro benzene ring substituents is 1. The molecule has 2 aliphatic rings. The van der Waals surface area contributed by atoms with Crippen LogP contribution in [0.5, 0.6) is 0 Å². The summed E-state index contributed by atoms with van der Waals surface area (Å²) in [4.78, 5) is 39.5. The highest BCUT2D eigenvalue weighted by atomic mass is 16.6. The number of benzene rings is 1. The van der Waals surface area contributed by atoms with Gasteiger partial charge in [-0.2, -0.15) is 0 Å². The molecule has 2 heterocycles. The summed E-state index contributed by atoms with van der Waals surface area (Å²) in [5.41, 5.74) is 0.833. The summed E-state index contributed by atoms with van der Waals surface area (Å²) in [6, 6.07) is 3.75. The molecule has 1 aromatic carbocycles. The van der Waals surface area contributed by atoms with Crippen LogP contribution in [0.2, 0.25) is 0 Å². The number of morpholine rings is 1. The molecular weight excluding hydrogens is 326 g/mol. The van der Waals surface area contributed by atoms with E-state index in [1.165, 1.54) is 12.1 Å². The molecule has 2 fully saturated rings. The van der Waals surface area contributed by atoms with Crippen molar-refractivity contribution < 1.29 is 19.2 Å². The van der Waals surface area contributed by atoms with Gasteiger partial charge in [0.05, 0.1) is 18.1 Å². The fourth-order valence-electron chi connectivity index (χ4n) is 3.37. The Kier molecular flexibility index (Phi) is 4.98. The Labute approximate surface area is 145 Å². The monoisotopic (exact) mass is 347 g/mol. The largest absolute Gasteiger partial charge is 0.378 e. The molecule has 0 saturated carbocycles. The molecule has 8 heteroatoms. The Bertz CT molecular complexity index is 700. The van der Waals surface area contributed by atoms with E-state index in [1.54, 1.807) is 22.8 Å². The maximum absolute atomic E-state index is 12.9. The molecule has 3 rings (SSSR count). The minimum Gasteiger partial charge on any atom is -0.378 e. The van der Waals surface area contributed by atoms with Gasteiger partial charge in [-0.05, 0) is 25.3 Å². The zero-order valence-electron chi connectivity index (χ0n) is 14.1. The van der Waals surface area contributed by atoms with Gasteiger partial charge in [-0.3, -0.25) is 19.7 Å². The van der Waals surface area contributed by atoms with Crippen LogP contribution in [-0.4, -0.2) is 65.4 Å². The van der Waals surface area contributed by atoms with Gasteiger partial charge < -0.3 is 14.5 Å². The lowest BCUT2D eigenvalue weighted by molar-refractivity contribution is -0.384. The average molecular weight is 347 g/mol. The molecule has 0 aromatic heterocycles. The average Bonchev–Trinajstić information content (AvgIpc) is 3.11. The van der Waals surface area contributed by atoms with E-state index in [2.05, 4.69) is 0 Å². The summed E-state index contributed by atoms with van der Waals surface area (Å²) in [5, 5.41) is 11.0. The quantitative estimate of drug-likeness (QED) is 0.608. The smallest absolute Gasteiger partial charge is 0.270 e. The van der Waals surface area contributed by atoms with Crippen molar-refractivity contribution in [2.75, 3.05) is 32.8 Å². The highest BCUT2D eigenvalue weighted by Gasteiger charge is 2.37. The predicted octanol–water partition coefficient (Wildman–Crippen LogP) is 1.37. The van der Waals surface area contributed by atoms with Crippen LogP contribution in [0.1, 0.15) is 28.8 Å². The molecule has 0 N–H and O–H groups in total. The first-order valence-electron chi connectivity index (χ1n) is 8.41. The fourth-order valence-corrected chi connectivity index (χ4v) is 3.37. The fraction of sp³-hybridized carbons (Fsp3) is 0.529. The normalized spacial score (nSPS) is 20.6. The summed E-state index contributed by atoms with van der Waals surface area (Å²) < 4.78 is 5.27. The van der Waals surface area contributed by atoms with E-state index in [0.717, 1.165) is 6.42 Å². The van der Waals surface area contributed by atoms with Crippen molar-refractivity contribution >= 4 is 17.5 Å². The molecule has 0 radical (unpaired) electrons. The number of carbonyl (C=O) groups is 2. The van der Waals surface area contributed by atoms with E-state index in [1.807, 2.05) is 0 Å². The first-order chi connectivity index (χ1) is 12.0. The van der Waals surface area contributed by atoms with E-state index in [4.69, 9.17) is 4.74 Å². The number of hydrogen-bond donors (Lipinski definition) is 0. The van der Waals surface area contributed by atoms with Gasteiger partial charge >= 0.3 is 0 Å². The first-order valence-corrected chi connectivity index (χ1v) is 8.41. The Morgan fingerprint density at radius 2 is 1.96 bits per heavy atom. The van der Waals surface area contributed by atoms with E-state index >= 15 is 0 Å². The first kappa shape index (κ1) is 17.3. The molecule has 8 nitrogen and oxygen atoms in total. The standard InChI is InChI=1S/C17H21N3O5/c1-12-4-5-13(20(23)24)11-14(12)16(21)19-6-2-3-15(19)17(22)18-7-9-25-10-8-18/h4-5,11,15H,2-3,6-10H2,1H3/t15-/m1/s1. The van der Waals surface area contributed by atoms with Crippen molar-refractivity contribution in [3.63, 3.8) is 0 Å². The molecule has 2 amide bonds. The van der Waals surface area contributed by atoms with Gasteiger partial charge in [-0.1, -0.05) is 6.07 Å². The topological polar surface area (TPSA) is 93.0 Å². The van der Waals surface area contributed by atoms with Crippen LogP contribution in [0.15, 0.2) is 18.2 Å². The number of carbonyl (C=O) groups excluding carboxylic acids is 2. The molecular formula is C17H21N3O5. The highest BCUT2D eigenvalue weighted by Crippen LogP contribution is 2.25. The number of ether oxygens (including phenoxy) is 1. The molecule has 1 aromatic rings. The van der Waals surface area contributed by atoms with Crippen LogP contribution < -0.4 is 0 Å². The number of aryl methyl sites for hydroxylation is 1. The summed E-state index contributed by atoms with van der Waals surface area (Å²) >= 11 is 0. The second-order valence-electron chi connectivity index (χ2n) is 6.35. The minimum atomic E-state index is -0.517. The van der Waals surface area contributed by atoms with Crippen LogP contribution in [0, 0.1) is 17.0 Å². The number of amides is 2. The second-order valence-corrected chi connectivity index (χ2v) is 6.35. The Morgan fingerprint density at radius 3 is 2.64 bits per heavy atom. The zero-order valence-corrected chi connectivity index (χ0v) is 14.1. The van der Waals surface area contributed by atoms with E-state index in [0.29, 0.717) is 44.8 Å². The van der Waals surface area contributed by atoms with Crippen LogP contribution in [-0.2, 0) is 9.53 Å². The maximum atomic E-state index is 12.9. The molecule has 0 spiro atoms. The molecule has 1 atom stereocenters. The van der Waals surface area contributed by atoms with Crippen molar-refractivity contribution in [3.05, 3.63) is 39.4 Å². The van der Waals surface area contributed by atoms with Gasteiger partial charge in [0, 0.05) is 37.3 Å². The molecule has 0 unspecified atom stereocenters. The number of likely N-dealkylation sites (tertiary alicyclic amines) is 1. The SMILES string of the molecule is Cc1ccc([N+](=O)[O-])cc1C(=O)N1CCC[C@@H]1C(=O)N1CCOCC1. The number of nitro groups is 1. The van der Waals surface area contributed by atoms with Crippen molar-refractivity contribution in [1.82, 2.24) is 9.80 Å². The van der Waals surface area contributed by atoms with E-state index in [9.17, 15) is 19.7 Å². The van der Waals surface area contributed by atoms with Crippen LogP contribution in [0.4, 0.5) is 5.69 Å². The van der Waals surface area contributed by atoms with Crippen molar-refractivity contribution in [2.45, 2.75) is 25.8 Å². The summed E-state index contributed by atoms with van der Waals surface area (Å²) in [6.45, 7) is 4.32. The Morgan fingerprint density at radius 1 is 1.24 bits per heavy atom. The Hall–Kier alpha value is -2.48. The van der Waals surface area contributed by atoms with Crippen molar-refractivity contribution in [3.8, 4) is 0 Å². The molecule has 25 heavy (non-hydrogen) atoms. The molecule has 0 aliphatic carbocycles. The summed E-state index contributed by atoms with van der Waals surface area (Å²) in [7, 11) is 0. The second kappa shape index (κ2) is 7.18. The lowest BCUT2D eigenvalue weighted by atomic mass is 10.1. The van der Waals surface area contributed by atoms with Gasteiger partial charge in [-0.15, -0.1) is 0 Å². The van der Waals surface area contributed by atoms with Gasteiger partial charge in [0.25, 0.3) is 11.6 Å². The molecule has 2 saturated heterocycles. The van der Waals surface area contributed by atoms with Gasteiger partial charge in [0.2, 0.25) is 5.91 Å². The zero-order chi connectivity index (χ0) is 18.0. The van der Waals surface area contributed by atoms with Gasteiger partial charge in [0.15, 0.2) is 0 Å². The molecule has 134 valence electrons. The van der Waals surface area contributed by atoms with Gasteiger partial charge in [-0.25, -0.2) is 0 Å². The summed E-state index contributed by atoms with van der Waals surface area (Å²) in [6.07, 6.45) is 1.37. The van der Waals surface area contributed by atoms with Crippen molar-refractivity contribution in [1.29, 1.82) is 0 Å².